The quantitative estimate of drug-likeness (QED) is 0.357. The number of nitrogens with zero attached hydrogens (tertiary/aromatic N) is 2. The first-order chi connectivity index (χ1) is 15.4. The van der Waals surface area contributed by atoms with Crippen molar-refractivity contribution in [2.24, 2.45) is 0 Å². The van der Waals surface area contributed by atoms with Crippen LogP contribution >= 0.6 is 0 Å². The molecular formula is C25H23N3O3S. The van der Waals surface area contributed by atoms with E-state index >= 15 is 0 Å². The molecule has 32 heavy (non-hydrogen) atoms. The summed E-state index contributed by atoms with van der Waals surface area (Å²) in [6.45, 7) is 2.39. The zero-order chi connectivity index (χ0) is 22.6. The van der Waals surface area contributed by atoms with Crippen molar-refractivity contribution in [1.29, 1.82) is 0 Å². The highest BCUT2D eigenvalue weighted by Gasteiger charge is 2.15. The number of anilines is 1. The number of rotatable bonds is 6. The van der Waals surface area contributed by atoms with Crippen molar-refractivity contribution in [3.8, 4) is 11.8 Å². The second-order valence-electron chi connectivity index (χ2n) is 7.43. The summed E-state index contributed by atoms with van der Waals surface area (Å²) in [4.78, 5) is 9.56. The molecule has 1 N–H and O–H groups in total. The van der Waals surface area contributed by atoms with E-state index in [4.69, 9.17) is 4.18 Å². The maximum atomic E-state index is 12.3. The maximum Gasteiger partial charge on any atom is 0.297 e. The van der Waals surface area contributed by atoms with Crippen LogP contribution in [0.3, 0.4) is 0 Å². The SMILES string of the molecule is Cc1ccc(S(=O)(=O)OCCN(C)c2ccc(C#Cc3cc4cccnc4[nH]3)cc2)cc1. The van der Waals surface area contributed by atoms with Gasteiger partial charge in [0.25, 0.3) is 10.1 Å². The van der Waals surface area contributed by atoms with Crippen molar-refractivity contribution < 1.29 is 12.6 Å². The zero-order valence-electron chi connectivity index (χ0n) is 17.9. The van der Waals surface area contributed by atoms with Crippen LogP contribution < -0.4 is 4.90 Å². The van der Waals surface area contributed by atoms with Gasteiger partial charge >= 0.3 is 0 Å². The summed E-state index contributed by atoms with van der Waals surface area (Å²) in [6, 6.07) is 20.2. The standard InChI is InChI=1S/C25H23N3O3S/c1-19-5-13-24(14-6-19)32(29,30)31-17-16-28(2)23-11-8-20(9-12-23)7-10-22-18-21-4-3-15-26-25(21)27-22/h3-6,8-9,11-15,18H,16-17H2,1-2H3,(H,26,27). The molecule has 6 nitrogen and oxygen atoms in total. The van der Waals surface area contributed by atoms with Crippen LogP contribution in [0.15, 0.2) is 77.8 Å². The van der Waals surface area contributed by atoms with Gasteiger partial charge < -0.3 is 9.88 Å². The van der Waals surface area contributed by atoms with Crippen molar-refractivity contribution in [3.05, 3.63) is 89.7 Å². The lowest BCUT2D eigenvalue weighted by Gasteiger charge is -2.19. The average Bonchev–Trinajstić information content (AvgIpc) is 3.21. The van der Waals surface area contributed by atoms with Crippen molar-refractivity contribution in [2.75, 3.05) is 25.1 Å². The van der Waals surface area contributed by atoms with Gasteiger partial charge in [0, 0.05) is 36.4 Å². The molecule has 0 unspecified atom stereocenters. The highest BCUT2D eigenvalue weighted by molar-refractivity contribution is 7.86. The number of nitrogens with one attached hydrogen (secondary N) is 1. The summed E-state index contributed by atoms with van der Waals surface area (Å²) in [5.74, 6) is 6.26. The Balaban J connectivity index is 1.34. The molecule has 4 aromatic rings. The highest BCUT2D eigenvalue weighted by Crippen LogP contribution is 2.16. The maximum absolute atomic E-state index is 12.3. The van der Waals surface area contributed by atoms with E-state index < -0.39 is 10.1 Å². The number of hydrogen-bond donors (Lipinski definition) is 1. The van der Waals surface area contributed by atoms with Crippen LogP contribution in [0.1, 0.15) is 16.8 Å². The van der Waals surface area contributed by atoms with Crippen LogP contribution in [0.4, 0.5) is 5.69 Å². The number of benzene rings is 2. The fourth-order valence-electron chi connectivity index (χ4n) is 3.15. The van der Waals surface area contributed by atoms with Gasteiger partial charge in [-0.25, -0.2) is 4.98 Å². The Morgan fingerprint density at radius 1 is 1.03 bits per heavy atom. The van der Waals surface area contributed by atoms with Gasteiger partial charge in [-0.3, -0.25) is 4.18 Å². The fourth-order valence-corrected chi connectivity index (χ4v) is 4.05. The molecule has 0 saturated heterocycles. The Morgan fingerprint density at radius 3 is 2.50 bits per heavy atom. The Kier molecular flexibility index (Phi) is 6.26. The largest absolute Gasteiger partial charge is 0.372 e. The molecular weight excluding hydrogens is 422 g/mol. The van der Waals surface area contributed by atoms with Crippen molar-refractivity contribution >= 4 is 26.8 Å². The van der Waals surface area contributed by atoms with E-state index in [1.54, 1.807) is 30.5 Å². The average molecular weight is 446 g/mol. The lowest BCUT2D eigenvalue weighted by molar-refractivity contribution is 0.325. The van der Waals surface area contributed by atoms with E-state index in [0.717, 1.165) is 33.5 Å². The zero-order valence-corrected chi connectivity index (χ0v) is 18.7. The van der Waals surface area contributed by atoms with Gasteiger partial charge in [-0.1, -0.05) is 23.6 Å². The van der Waals surface area contributed by atoms with Crippen LogP contribution in [0.2, 0.25) is 0 Å². The number of pyridine rings is 1. The summed E-state index contributed by atoms with van der Waals surface area (Å²) in [7, 11) is -1.87. The topological polar surface area (TPSA) is 75.3 Å². The van der Waals surface area contributed by atoms with Crippen molar-refractivity contribution in [2.45, 2.75) is 11.8 Å². The molecule has 0 radical (unpaired) electrons. The Morgan fingerprint density at radius 2 is 1.78 bits per heavy atom. The molecule has 0 bridgehead atoms. The summed E-state index contributed by atoms with van der Waals surface area (Å²) in [6.07, 6.45) is 1.74. The lowest BCUT2D eigenvalue weighted by atomic mass is 10.2. The molecule has 0 fully saturated rings. The summed E-state index contributed by atoms with van der Waals surface area (Å²) < 4.78 is 29.8. The highest BCUT2D eigenvalue weighted by atomic mass is 32.2. The number of aryl methyl sites for hydroxylation is 1. The van der Waals surface area contributed by atoms with E-state index in [1.807, 2.05) is 61.3 Å². The minimum Gasteiger partial charge on any atom is -0.372 e. The molecule has 7 heteroatoms. The Labute approximate surface area is 188 Å². The van der Waals surface area contributed by atoms with Gasteiger partial charge in [0.1, 0.15) is 5.65 Å². The number of fused-ring (bicyclic) bond motifs is 1. The van der Waals surface area contributed by atoms with Crippen LogP contribution in [0.5, 0.6) is 0 Å². The van der Waals surface area contributed by atoms with Crippen molar-refractivity contribution in [1.82, 2.24) is 9.97 Å². The number of likely N-dealkylation sites (N-methyl/N-ethyl adjacent to an activating group) is 1. The second-order valence-corrected chi connectivity index (χ2v) is 9.05. The molecule has 4 rings (SSSR count). The van der Waals surface area contributed by atoms with Gasteiger partial charge in [0.2, 0.25) is 0 Å². The Hall–Kier alpha value is -3.60. The normalized spacial score (nSPS) is 11.2. The molecule has 0 spiro atoms. The fraction of sp³-hybridized carbons (Fsp3) is 0.160. The van der Waals surface area contributed by atoms with Gasteiger partial charge in [0.05, 0.1) is 17.2 Å². The first kappa shape index (κ1) is 21.6. The minimum atomic E-state index is -3.76. The monoisotopic (exact) mass is 445 g/mol. The molecule has 162 valence electrons. The van der Waals surface area contributed by atoms with E-state index in [0.29, 0.717) is 6.54 Å². The minimum absolute atomic E-state index is 0.0582. The number of aromatic nitrogens is 2. The third-order valence-electron chi connectivity index (χ3n) is 5.02. The van der Waals surface area contributed by atoms with E-state index in [9.17, 15) is 8.42 Å². The van der Waals surface area contributed by atoms with E-state index in [1.165, 1.54) is 0 Å². The van der Waals surface area contributed by atoms with Crippen LogP contribution in [-0.2, 0) is 14.3 Å². The molecule has 2 aromatic carbocycles. The molecule has 0 aliphatic carbocycles. The molecule has 0 saturated carbocycles. The molecule has 0 amide bonds. The van der Waals surface area contributed by atoms with E-state index in [-0.39, 0.29) is 11.5 Å². The lowest BCUT2D eigenvalue weighted by Crippen LogP contribution is -2.24. The summed E-state index contributed by atoms with van der Waals surface area (Å²) >= 11 is 0. The molecule has 2 heterocycles. The van der Waals surface area contributed by atoms with Gasteiger partial charge in [-0.05, 0) is 67.4 Å². The Bertz CT molecular complexity index is 1350. The van der Waals surface area contributed by atoms with Gasteiger partial charge in [-0.15, -0.1) is 0 Å². The van der Waals surface area contributed by atoms with Crippen LogP contribution in [0, 0.1) is 18.8 Å². The number of aromatic amines is 1. The first-order valence-electron chi connectivity index (χ1n) is 10.1. The van der Waals surface area contributed by atoms with E-state index in [2.05, 4.69) is 21.8 Å². The smallest absolute Gasteiger partial charge is 0.297 e. The summed E-state index contributed by atoms with van der Waals surface area (Å²) in [5, 5.41) is 1.03. The number of H-pyrrole nitrogens is 1. The summed E-state index contributed by atoms with van der Waals surface area (Å²) in [5.41, 5.74) is 4.45. The predicted octanol–water partition coefficient (Wildman–Crippen LogP) is 4.11. The number of hydrogen-bond acceptors (Lipinski definition) is 5. The third-order valence-corrected chi connectivity index (χ3v) is 6.34. The molecule has 0 atom stereocenters. The van der Waals surface area contributed by atoms with Crippen LogP contribution in [-0.4, -0.2) is 38.6 Å². The van der Waals surface area contributed by atoms with Gasteiger partial charge in [-0.2, -0.15) is 8.42 Å². The third kappa shape index (κ3) is 5.17. The molecule has 0 aliphatic heterocycles. The molecule has 0 aliphatic rings. The van der Waals surface area contributed by atoms with Crippen LogP contribution in [0.25, 0.3) is 11.0 Å². The second kappa shape index (κ2) is 9.27. The van der Waals surface area contributed by atoms with Gasteiger partial charge in [0.15, 0.2) is 0 Å². The van der Waals surface area contributed by atoms with Crippen molar-refractivity contribution in [3.63, 3.8) is 0 Å². The molecule has 2 aromatic heterocycles. The first-order valence-corrected chi connectivity index (χ1v) is 11.5. The predicted molar refractivity (Wildman–Crippen MR) is 126 cm³/mol.